The third-order valence-corrected chi connectivity index (χ3v) is 3.54. The van der Waals surface area contributed by atoms with Gasteiger partial charge >= 0.3 is 6.09 Å². The van der Waals surface area contributed by atoms with Gasteiger partial charge in [-0.05, 0) is 25.1 Å². The SMILES string of the molecule is C/C(=N\OC(=O)Nc1ccc(Cl)c(Cl)c1)C(=O)c1ccccc1. The van der Waals surface area contributed by atoms with Gasteiger partial charge in [0.2, 0.25) is 5.78 Å². The summed E-state index contributed by atoms with van der Waals surface area (Å²) in [6, 6.07) is 13.1. The molecule has 5 nitrogen and oxygen atoms in total. The Kier molecular flexibility index (Phi) is 5.73. The number of hydrogen-bond donors (Lipinski definition) is 1. The molecule has 0 aliphatic heterocycles. The minimum atomic E-state index is -0.844. The Morgan fingerprint density at radius 1 is 1.04 bits per heavy atom. The molecule has 0 bridgehead atoms. The number of carbonyl (C=O) groups excluding carboxylic acids is 2. The number of oxime groups is 1. The number of benzene rings is 2. The van der Waals surface area contributed by atoms with Gasteiger partial charge in [-0.3, -0.25) is 14.9 Å². The van der Waals surface area contributed by atoms with Crippen LogP contribution in [0.5, 0.6) is 0 Å². The molecule has 2 rings (SSSR count). The van der Waals surface area contributed by atoms with Crippen molar-refractivity contribution in [1.29, 1.82) is 0 Å². The molecule has 0 radical (unpaired) electrons. The molecule has 2 aromatic rings. The van der Waals surface area contributed by atoms with Crippen molar-refractivity contribution in [1.82, 2.24) is 0 Å². The van der Waals surface area contributed by atoms with E-state index in [2.05, 4.69) is 15.3 Å². The Balaban J connectivity index is 1.97. The first-order valence-electron chi connectivity index (χ1n) is 6.55. The normalized spacial score (nSPS) is 11.0. The number of hydrogen-bond acceptors (Lipinski definition) is 4. The molecule has 1 N–H and O–H groups in total. The first kappa shape index (κ1) is 17.0. The van der Waals surface area contributed by atoms with Crippen molar-refractivity contribution in [3.8, 4) is 0 Å². The van der Waals surface area contributed by atoms with Crippen LogP contribution in [-0.2, 0) is 4.84 Å². The molecule has 0 aromatic heterocycles. The number of ketones is 1. The zero-order valence-corrected chi connectivity index (χ0v) is 13.6. The van der Waals surface area contributed by atoms with E-state index in [0.29, 0.717) is 21.3 Å². The van der Waals surface area contributed by atoms with Gasteiger partial charge < -0.3 is 0 Å². The zero-order chi connectivity index (χ0) is 16.8. The fraction of sp³-hybridized carbons (Fsp3) is 0.0625. The second kappa shape index (κ2) is 7.76. The Morgan fingerprint density at radius 3 is 2.39 bits per heavy atom. The van der Waals surface area contributed by atoms with Gasteiger partial charge in [-0.25, -0.2) is 4.79 Å². The Morgan fingerprint density at radius 2 is 1.74 bits per heavy atom. The first-order chi connectivity index (χ1) is 11.0. The molecule has 2 aromatic carbocycles. The van der Waals surface area contributed by atoms with Crippen molar-refractivity contribution in [2.45, 2.75) is 6.92 Å². The van der Waals surface area contributed by atoms with E-state index in [0.717, 1.165) is 0 Å². The fourth-order valence-corrected chi connectivity index (χ4v) is 1.96. The van der Waals surface area contributed by atoms with E-state index in [1.807, 2.05) is 0 Å². The summed E-state index contributed by atoms with van der Waals surface area (Å²) >= 11 is 11.6. The fourth-order valence-electron chi connectivity index (χ4n) is 1.66. The highest BCUT2D eigenvalue weighted by atomic mass is 35.5. The minimum absolute atomic E-state index is 0.0560. The van der Waals surface area contributed by atoms with Crippen LogP contribution in [0.3, 0.4) is 0 Å². The van der Waals surface area contributed by atoms with Crippen LogP contribution in [0.4, 0.5) is 10.5 Å². The molecule has 1 amide bonds. The summed E-state index contributed by atoms with van der Waals surface area (Å²) in [4.78, 5) is 28.3. The molecule has 0 fully saturated rings. The molecule has 0 saturated carbocycles. The lowest BCUT2D eigenvalue weighted by Crippen LogP contribution is -2.15. The number of amides is 1. The summed E-state index contributed by atoms with van der Waals surface area (Å²) in [7, 11) is 0. The molecule has 0 spiro atoms. The predicted octanol–water partition coefficient (Wildman–Crippen LogP) is 4.80. The van der Waals surface area contributed by atoms with Crippen molar-refractivity contribution in [3.63, 3.8) is 0 Å². The summed E-state index contributed by atoms with van der Waals surface area (Å²) in [6.45, 7) is 1.46. The Labute approximate surface area is 142 Å². The summed E-state index contributed by atoms with van der Waals surface area (Å²) in [5, 5.41) is 6.62. The molecule has 0 saturated heterocycles. The Bertz CT molecular complexity index is 761. The number of nitrogens with zero attached hydrogens (tertiary/aromatic N) is 1. The molecular formula is C16H12Cl2N2O3. The highest BCUT2D eigenvalue weighted by molar-refractivity contribution is 6.45. The molecule has 118 valence electrons. The zero-order valence-electron chi connectivity index (χ0n) is 12.0. The van der Waals surface area contributed by atoms with E-state index in [4.69, 9.17) is 23.2 Å². The van der Waals surface area contributed by atoms with E-state index in [1.165, 1.54) is 19.1 Å². The van der Waals surface area contributed by atoms with Gasteiger partial charge in [0.05, 0.1) is 10.0 Å². The van der Waals surface area contributed by atoms with Gasteiger partial charge in [0.25, 0.3) is 0 Å². The monoisotopic (exact) mass is 350 g/mol. The van der Waals surface area contributed by atoms with Crippen LogP contribution in [0, 0.1) is 0 Å². The minimum Gasteiger partial charge on any atom is -0.297 e. The van der Waals surface area contributed by atoms with Crippen molar-refractivity contribution < 1.29 is 14.4 Å². The van der Waals surface area contributed by atoms with Crippen LogP contribution < -0.4 is 5.32 Å². The van der Waals surface area contributed by atoms with E-state index in [-0.39, 0.29) is 11.5 Å². The summed E-state index contributed by atoms with van der Waals surface area (Å²) in [6.07, 6.45) is -0.844. The standard InChI is InChI=1S/C16H12Cl2N2O3/c1-10(15(21)11-5-3-2-4-6-11)20-23-16(22)19-12-7-8-13(17)14(18)9-12/h2-9H,1H3,(H,19,22)/b20-10+. The van der Waals surface area contributed by atoms with E-state index < -0.39 is 6.09 Å². The number of carbonyl (C=O) groups is 2. The third kappa shape index (κ3) is 4.81. The molecule has 0 aliphatic carbocycles. The average molecular weight is 351 g/mol. The largest absolute Gasteiger partial charge is 0.437 e. The number of rotatable bonds is 4. The lowest BCUT2D eigenvalue weighted by atomic mass is 10.1. The predicted molar refractivity (Wildman–Crippen MR) is 90.4 cm³/mol. The van der Waals surface area contributed by atoms with E-state index >= 15 is 0 Å². The van der Waals surface area contributed by atoms with E-state index in [9.17, 15) is 9.59 Å². The molecule has 23 heavy (non-hydrogen) atoms. The van der Waals surface area contributed by atoms with Crippen LogP contribution in [0.2, 0.25) is 10.0 Å². The topological polar surface area (TPSA) is 67.8 Å². The molecule has 7 heteroatoms. The first-order valence-corrected chi connectivity index (χ1v) is 7.30. The number of anilines is 1. The molecule has 0 aliphatic rings. The smallest absolute Gasteiger partial charge is 0.297 e. The van der Waals surface area contributed by atoms with E-state index in [1.54, 1.807) is 36.4 Å². The van der Waals surface area contributed by atoms with Crippen LogP contribution in [-0.4, -0.2) is 17.6 Å². The average Bonchev–Trinajstić information content (AvgIpc) is 2.56. The molecule has 0 heterocycles. The summed E-state index contributed by atoms with van der Waals surface area (Å²) in [5.74, 6) is -0.326. The summed E-state index contributed by atoms with van der Waals surface area (Å²) < 4.78 is 0. The molecule has 0 unspecified atom stereocenters. The van der Waals surface area contributed by atoms with Crippen molar-refractivity contribution in [2.24, 2.45) is 5.16 Å². The van der Waals surface area contributed by atoms with Gasteiger partial charge in [-0.15, -0.1) is 0 Å². The van der Waals surface area contributed by atoms with Gasteiger partial charge in [-0.2, -0.15) is 0 Å². The third-order valence-electron chi connectivity index (χ3n) is 2.80. The van der Waals surface area contributed by atoms with Crippen LogP contribution in [0.15, 0.2) is 53.7 Å². The maximum atomic E-state index is 12.0. The highest BCUT2D eigenvalue weighted by Crippen LogP contribution is 2.25. The molecular weight excluding hydrogens is 339 g/mol. The lowest BCUT2D eigenvalue weighted by Gasteiger charge is -2.05. The quantitative estimate of drug-likeness (QED) is 0.372. The van der Waals surface area contributed by atoms with Gasteiger partial charge in [0, 0.05) is 11.3 Å². The second-order valence-corrected chi connectivity index (χ2v) is 5.32. The second-order valence-electron chi connectivity index (χ2n) is 4.50. The van der Waals surface area contributed by atoms with Gasteiger partial charge in [0.1, 0.15) is 5.71 Å². The highest BCUT2D eigenvalue weighted by Gasteiger charge is 2.11. The molecule has 0 atom stereocenters. The number of Topliss-reactive ketones (excluding diaryl/α,β-unsaturated/α-hetero) is 1. The van der Waals surface area contributed by atoms with Crippen LogP contribution in [0.1, 0.15) is 17.3 Å². The lowest BCUT2D eigenvalue weighted by molar-refractivity contribution is 0.105. The number of nitrogens with one attached hydrogen (secondary N) is 1. The van der Waals surface area contributed by atoms with Crippen molar-refractivity contribution >= 4 is 46.5 Å². The van der Waals surface area contributed by atoms with Crippen molar-refractivity contribution in [2.75, 3.05) is 5.32 Å². The van der Waals surface area contributed by atoms with Crippen LogP contribution in [0.25, 0.3) is 0 Å². The van der Waals surface area contributed by atoms with Gasteiger partial charge in [-0.1, -0.05) is 58.7 Å². The maximum absolute atomic E-state index is 12.0. The van der Waals surface area contributed by atoms with Gasteiger partial charge in [0.15, 0.2) is 0 Å². The van der Waals surface area contributed by atoms with Crippen LogP contribution >= 0.6 is 23.2 Å². The number of halogens is 2. The Hall–Kier alpha value is -2.37. The summed E-state index contributed by atoms with van der Waals surface area (Å²) in [5.41, 5.74) is 0.911. The maximum Gasteiger partial charge on any atom is 0.437 e. The van der Waals surface area contributed by atoms with Crippen molar-refractivity contribution in [3.05, 3.63) is 64.1 Å².